The van der Waals surface area contributed by atoms with Gasteiger partial charge < -0.3 is 10.6 Å². The summed E-state index contributed by atoms with van der Waals surface area (Å²) in [5.41, 5.74) is 0.639. The fourth-order valence-electron chi connectivity index (χ4n) is 3.52. The Morgan fingerprint density at radius 2 is 1.92 bits per heavy atom. The van der Waals surface area contributed by atoms with E-state index in [9.17, 15) is 23.2 Å². The zero-order valence-corrected chi connectivity index (χ0v) is 14.3. The SMILES string of the molecule is O=C(CCN1C(=O)CCC1=O)NC1CNCCC1c1ccc(F)c(F)c1. The Morgan fingerprint density at radius 1 is 1.19 bits per heavy atom. The van der Waals surface area contributed by atoms with Gasteiger partial charge in [-0.25, -0.2) is 8.78 Å². The molecule has 0 radical (unpaired) electrons. The molecule has 140 valence electrons. The Bertz CT molecular complexity index is 710. The quantitative estimate of drug-likeness (QED) is 0.765. The lowest BCUT2D eigenvalue weighted by Crippen LogP contribution is -2.50. The number of piperidine rings is 1. The molecule has 0 aliphatic carbocycles. The Kier molecular flexibility index (Phi) is 5.61. The van der Waals surface area contributed by atoms with E-state index in [-0.39, 0.29) is 55.5 Å². The fourth-order valence-corrected chi connectivity index (χ4v) is 3.52. The maximum atomic E-state index is 13.5. The van der Waals surface area contributed by atoms with Gasteiger partial charge in [0.1, 0.15) is 0 Å². The number of amides is 3. The molecule has 0 bridgehead atoms. The topological polar surface area (TPSA) is 78.5 Å². The van der Waals surface area contributed by atoms with Crippen LogP contribution in [0.2, 0.25) is 0 Å². The smallest absolute Gasteiger partial charge is 0.229 e. The van der Waals surface area contributed by atoms with Crippen LogP contribution in [-0.4, -0.2) is 48.3 Å². The van der Waals surface area contributed by atoms with E-state index in [1.54, 1.807) is 0 Å². The van der Waals surface area contributed by atoms with Crippen LogP contribution < -0.4 is 10.6 Å². The van der Waals surface area contributed by atoms with Gasteiger partial charge in [-0.2, -0.15) is 0 Å². The van der Waals surface area contributed by atoms with Gasteiger partial charge in [0.15, 0.2) is 11.6 Å². The van der Waals surface area contributed by atoms with E-state index < -0.39 is 11.6 Å². The molecule has 2 fully saturated rings. The predicted molar refractivity (Wildman–Crippen MR) is 89.1 cm³/mol. The first-order chi connectivity index (χ1) is 12.5. The average Bonchev–Trinajstić information content (AvgIpc) is 2.94. The number of carbonyl (C=O) groups is 3. The fraction of sp³-hybridized carbons (Fsp3) is 0.500. The van der Waals surface area contributed by atoms with Crippen LogP contribution in [0.25, 0.3) is 0 Å². The number of carbonyl (C=O) groups excluding carboxylic acids is 3. The molecule has 0 spiro atoms. The first-order valence-corrected chi connectivity index (χ1v) is 8.74. The van der Waals surface area contributed by atoms with Crippen LogP contribution in [0.1, 0.15) is 37.2 Å². The largest absolute Gasteiger partial charge is 0.351 e. The minimum absolute atomic E-state index is 0.0263. The maximum Gasteiger partial charge on any atom is 0.229 e. The van der Waals surface area contributed by atoms with Crippen molar-refractivity contribution in [3.8, 4) is 0 Å². The third kappa shape index (κ3) is 4.07. The lowest BCUT2D eigenvalue weighted by molar-refractivity contribution is -0.138. The summed E-state index contributed by atoms with van der Waals surface area (Å²) >= 11 is 0. The zero-order chi connectivity index (χ0) is 18.7. The highest BCUT2D eigenvalue weighted by molar-refractivity contribution is 6.02. The summed E-state index contributed by atoms with van der Waals surface area (Å²) in [5.74, 6) is -2.71. The van der Waals surface area contributed by atoms with Gasteiger partial charge in [-0.15, -0.1) is 0 Å². The van der Waals surface area contributed by atoms with Crippen LogP contribution in [0, 0.1) is 11.6 Å². The van der Waals surface area contributed by atoms with Crippen molar-refractivity contribution in [3.63, 3.8) is 0 Å². The molecule has 2 heterocycles. The van der Waals surface area contributed by atoms with Gasteiger partial charge in [0.2, 0.25) is 17.7 Å². The molecule has 3 amide bonds. The van der Waals surface area contributed by atoms with E-state index in [2.05, 4.69) is 10.6 Å². The number of halogens is 2. The molecule has 2 N–H and O–H groups in total. The average molecular weight is 365 g/mol. The summed E-state index contributed by atoms with van der Waals surface area (Å²) in [6, 6.07) is 3.53. The van der Waals surface area contributed by atoms with Crippen LogP contribution in [0.4, 0.5) is 8.78 Å². The van der Waals surface area contributed by atoms with Gasteiger partial charge in [0.05, 0.1) is 0 Å². The van der Waals surface area contributed by atoms with Gasteiger partial charge in [0, 0.05) is 44.3 Å². The molecule has 26 heavy (non-hydrogen) atoms. The third-order valence-electron chi connectivity index (χ3n) is 4.92. The molecule has 1 aromatic carbocycles. The number of hydrogen-bond acceptors (Lipinski definition) is 4. The van der Waals surface area contributed by atoms with Gasteiger partial charge in [0.25, 0.3) is 0 Å². The van der Waals surface area contributed by atoms with E-state index in [0.29, 0.717) is 25.1 Å². The lowest BCUT2D eigenvalue weighted by Gasteiger charge is -2.33. The van der Waals surface area contributed by atoms with Crippen molar-refractivity contribution in [2.24, 2.45) is 0 Å². The number of rotatable bonds is 5. The normalized spacial score (nSPS) is 23.4. The van der Waals surface area contributed by atoms with Gasteiger partial charge in [-0.3, -0.25) is 19.3 Å². The highest BCUT2D eigenvalue weighted by Gasteiger charge is 2.31. The van der Waals surface area contributed by atoms with Crippen LogP contribution >= 0.6 is 0 Å². The van der Waals surface area contributed by atoms with Gasteiger partial charge >= 0.3 is 0 Å². The highest BCUT2D eigenvalue weighted by Crippen LogP contribution is 2.27. The van der Waals surface area contributed by atoms with Crippen molar-refractivity contribution in [2.75, 3.05) is 19.6 Å². The minimum Gasteiger partial charge on any atom is -0.351 e. The van der Waals surface area contributed by atoms with Crippen LogP contribution in [-0.2, 0) is 14.4 Å². The zero-order valence-electron chi connectivity index (χ0n) is 14.3. The molecule has 2 aliphatic rings. The van der Waals surface area contributed by atoms with E-state index in [1.807, 2.05) is 0 Å². The number of nitrogens with one attached hydrogen (secondary N) is 2. The van der Waals surface area contributed by atoms with E-state index >= 15 is 0 Å². The van der Waals surface area contributed by atoms with Crippen LogP contribution in [0.5, 0.6) is 0 Å². The van der Waals surface area contributed by atoms with Crippen LogP contribution in [0.15, 0.2) is 18.2 Å². The third-order valence-corrected chi connectivity index (χ3v) is 4.92. The van der Waals surface area contributed by atoms with Crippen molar-refractivity contribution in [1.82, 2.24) is 15.5 Å². The first-order valence-electron chi connectivity index (χ1n) is 8.74. The molecule has 2 atom stereocenters. The number of likely N-dealkylation sites (tertiary alicyclic amines) is 1. The lowest BCUT2D eigenvalue weighted by atomic mass is 9.86. The monoisotopic (exact) mass is 365 g/mol. The van der Waals surface area contributed by atoms with Gasteiger partial charge in [-0.1, -0.05) is 6.07 Å². The second-order valence-electron chi connectivity index (χ2n) is 6.64. The molecule has 2 aliphatic heterocycles. The number of benzene rings is 1. The van der Waals surface area contributed by atoms with Gasteiger partial charge in [-0.05, 0) is 30.7 Å². The minimum atomic E-state index is -0.905. The first kappa shape index (κ1) is 18.4. The molecular formula is C18H21F2N3O3. The molecule has 6 nitrogen and oxygen atoms in total. The Balaban J connectivity index is 1.60. The second-order valence-corrected chi connectivity index (χ2v) is 6.64. The summed E-state index contributed by atoms with van der Waals surface area (Å²) in [7, 11) is 0. The molecule has 3 rings (SSSR count). The van der Waals surface area contributed by atoms with E-state index in [4.69, 9.17) is 0 Å². The Hall–Kier alpha value is -2.35. The molecule has 0 saturated carbocycles. The standard InChI is InChI=1S/C18H21F2N3O3/c19-13-2-1-11(9-14(13)20)12-5-7-21-10-15(12)22-16(24)6-8-23-17(25)3-4-18(23)26/h1-2,9,12,15,21H,3-8,10H2,(H,22,24). The molecule has 1 aromatic rings. The molecule has 0 aromatic heterocycles. The molecular weight excluding hydrogens is 344 g/mol. The highest BCUT2D eigenvalue weighted by atomic mass is 19.2. The van der Waals surface area contributed by atoms with Crippen LogP contribution in [0.3, 0.4) is 0 Å². The number of imide groups is 1. The summed E-state index contributed by atoms with van der Waals surface area (Å²) in [6.45, 7) is 1.29. The second kappa shape index (κ2) is 7.90. The predicted octanol–water partition coefficient (Wildman–Crippen LogP) is 1.07. The molecule has 2 unspecified atom stereocenters. The van der Waals surface area contributed by atoms with E-state index in [0.717, 1.165) is 11.0 Å². The number of nitrogens with zero attached hydrogens (tertiary/aromatic N) is 1. The van der Waals surface area contributed by atoms with Crippen molar-refractivity contribution in [2.45, 2.75) is 37.6 Å². The molecule has 8 heteroatoms. The van der Waals surface area contributed by atoms with Crippen molar-refractivity contribution < 1.29 is 23.2 Å². The molecule has 2 saturated heterocycles. The van der Waals surface area contributed by atoms with Crippen molar-refractivity contribution in [1.29, 1.82) is 0 Å². The summed E-state index contributed by atoms with van der Waals surface area (Å²) in [6.07, 6.45) is 1.11. The van der Waals surface area contributed by atoms with E-state index in [1.165, 1.54) is 12.1 Å². The number of hydrogen-bond donors (Lipinski definition) is 2. The summed E-state index contributed by atoms with van der Waals surface area (Å²) in [5, 5.41) is 6.06. The van der Waals surface area contributed by atoms with Crippen molar-refractivity contribution >= 4 is 17.7 Å². The summed E-state index contributed by atoms with van der Waals surface area (Å²) < 4.78 is 26.7. The summed E-state index contributed by atoms with van der Waals surface area (Å²) in [4.78, 5) is 36.5. The maximum absolute atomic E-state index is 13.5. The Labute approximate surface area is 149 Å². The van der Waals surface area contributed by atoms with Crippen molar-refractivity contribution in [3.05, 3.63) is 35.4 Å². The Morgan fingerprint density at radius 3 is 2.62 bits per heavy atom.